The van der Waals surface area contributed by atoms with E-state index in [1.165, 1.54) is 42.3 Å². The number of aromatic nitrogens is 1. The normalized spacial score (nSPS) is 15.6. The van der Waals surface area contributed by atoms with Gasteiger partial charge in [-0.1, -0.05) is 35.6 Å². The van der Waals surface area contributed by atoms with Crippen molar-refractivity contribution in [3.63, 3.8) is 0 Å². The van der Waals surface area contributed by atoms with Gasteiger partial charge in [0.05, 0.1) is 42.7 Å². The van der Waals surface area contributed by atoms with Crippen molar-refractivity contribution < 1.29 is 23.4 Å². The molecule has 2 aromatic carbocycles. The van der Waals surface area contributed by atoms with Crippen LogP contribution in [-0.4, -0.2) is 31.4 Å². The van der Waals surface area contributed by atoms with E-state index in [-0.39, 0.29) is 17.7 Å². The first-order chi connectivity index (χ1) is 16.4. The molecule has 0 spiro atoms. The number of fused-ring (bicyclic) bond motifs is 1. The molecule has 0 saturated heterocycles. The molecular weight excluding hydrogens is 459 g/mol. The number of carbonyl (C=O) groups is 1. The fourth-order valence-electron chi connectivity index (χ4n) is 3.92. The van der Waals surface area contributed by atoms with Crippen molar-refractivity contribution in [2.24, 2.45) is 4.99 Å². The van der Waals surface area contributed by atoms with Crippen molar-refractivity contribution in [2.45, 2.75) is 19.9 Å². The Balaban J connectivity index is 1.97. The molecule has 1 unspecified atom stereocenters. The average molecular weight is 483 g/mol. The third-order valence-corrected chi connectivity index (χ3v) is 6.41. The van der Waals surface area contributed by atoms with E-state index in [9.17, 15) is 14.0 Å². The molecule has 2 heterocycles. The van der Waals surface area contributed by atoms with Crippen LogP contribution in [0.1, 0.15) is 31.0 Å². The number of hydrogen-bond acceptors (Lipinski definition) is 7. The van der Waals surface area contributed by atoms with Crippen LogP contribution in [0.3, 0.4) is 0 Å². The maximum atomic E-state index is 13.6. The topological polar surface area (TPSA) is 79.1 Å². The van der Waals surface area contributed by atoms with Gasteiger partial charge >= 0.3 is 5.97 Å². The number of halogens is 1. The number of nitrogens with zero attached hydrogens (tertiary/aromatic N) is 2. The van der Waals surface area contributed by atoms with Gasteiger partial charge < -0.3 is 14.2 Å². The number of thiazole rings is 1. The molecule has 0 amide bonds. The summed E-state index contributed by atoms with van der Waals surface area (Å²) in [6.45, 7) is 3.58. The number of methoxy groups -OCH3 is 2. The number of benzene rings is 2. The fraction of sp³-hybridized carbons (Fsp3) is 0.240. The van der Waals surface area contributed by atoms with Crippen molar-refractivity contribution in [1.29, 1.82) is 0 Å². The van der Waals surface area contributed by atoms with Crippen LogP contribution in [0.15, 0.2) is 63.5 Å². The fourth-order valence-corrected chi connectivity index (χ4v) is 4.96. The van der Waals surface area contributed by atoms with Gasteiger partial charge in [-0.2, -0.15) is 0 Å². The van der Waals surface area contributed by atoms with E-state index in [0.29, 0.717) is 37.7 Å². The lowest BCUT2D eigenvalue weighted by Crippen LogP contribution is -2.39. The Bertz CT molecular complexity index is 1450. The van der Waals surface area contributed by atoms with E-state index < -0.39 is 17.8 Å². The van der Waals surface area contributed by atoms with Crippen molar-refractivity contribution >= 4 is 23.4 Å². The summed E-state index contributed by atoms with van der Waals surface area (Å²) in [4.78, 5) is 31.4. The number of carbonyl (C=O) groups excluding carboxylic acids is 1. The molecule has 1 aliphatic heterocycles. The maximum absolute atomic E-state index is 13.6. The summed E-state index contributed by atoms with van der Waals surface area (Å²) in [6, 6.07) is 10.3. The molecule has 0 saturated carbocycles. The molecule has 3 aromatic rings. The monoisotopic (exact) mass is 482 g/mol. The molecule has 0 radical (unpaired) electrons. The standard InChI is InChI=1S/C25H23FN2O5S/c1-5-33-24(30)20-14(2)27-25-28(21(20)15-9-11-17(26)12-10-15)23(29)19(34-25)13-16-7-6-8-18(31-3)22(16)32-4/h6-13,21H,5H2,1-4H3/b19-13-. The molecule has 1 atom stereocenters. The quantitative estimate of drug-likeness (QED) is 0.505. The van der Waals surface area contributed by atoms with Gasteiger partial charge in [-0.05, 0) is 43.7 Å². The third kappa shape index (κ3) is 4.14. The molecule has 1 aliphatic rings. The highest BCUT2D eigenvalue weighted by Crippen LogP contribution is 2.32. The van der Waals surface area contributed by atoms with Gasteiger partial charge in [0.2, 0.25) is 0 Å². The summed E-state index contributed by atoms with van der Waals surface area (Å²) < 4.78 is 31.6. The number of hydrogen-bond donors (Lipinski definition) is 0. The number of esters is 1. The first-order valence-electron chi connectivity index (χ1n) is 10.6. The number of para-hydroxylation sites is 1. The van der Waals surface area contributed by atoms with Gasteiger partial charge in [-0.3, -0.25) is 9.36 Å². The molecule has 1 aromatic heterocycles. The van der Waals surface area contributed by atoms with E-state index in [0.717, 1.165) is 0 Å². The Labute approximate surface area is 199 Å². The lowest BCUT2D eigenvalue weighted by atomic mass is 9.96. The molecule has 0 aliphatic carbocycles. The maximum Gasteiger partial charge on any atom is 0.338 e. The predicted octanol–water partition coefficient (Wildman–Crippen LogP) is 2.95. The summed E-state index contributed by atoms with van der Waals surface area (Å²) in [6.07, 6.45) is 1.70. The molecule has 7 nitrogen and oxygen atoms in total. The zero-order valence-corrected chi connectivity index (χ0v) is 19.9. The number of rotatable bonds is 6. The minimum Gasteiger partial charge on any atom is -0.493 e. The summed E-state index contributed by atoms with van der Waals surface area (Å²) in [5.74, 6) is 0.0458. The molecule has 0 bridgehead atoms. The second kappa shape index (κ2) is 9.64. The van der Waals surface area contributed by atoms with Crippen molar-refractivity contribution in [2.75, 3.05) is 20.8 Å². The summed E-state index contributed by atoms with van der Waals surface area (Å²) in [5.41, 5.74) is 1.58. The smallest absolute Gasteiger partial charge is 0.338 e. The predicted molar refractivity (Wildman–Crippen MR) is 126 cm³/mol. The molecule has 9 heteroatoms. The van der Waals surface area contributed by atoms with Crippen molar-refractivity contribution in [3.05, 3.63) is 90.4 Å². The van der Waals surface area contributed by atoms with Crippen LogP contribution in [0.25, 0.3) is 6.08 Å². The largest absolute Gasteiger partial charge is 0.493 e. The minimum atomic E-state index is -0.801. The third-order valence-electron chi connectivity index (χ3n) is 5.42. The van der Waals surface area contributed by atoms with Crippen LogP contribution >= 0.6 is 11.3 Å². The lowest BCUT2D eigenvalue weighted by molar-refractivity contribution is -0.139. The van der Waals surface area contributed by atoms with Crippen LogP contribution < -0.4 is 24.4 Å². The Hall–Kier alpha value is -3.72. The van der Waals surface area contributed by atoms with E-state index in [4.69, 9.17) is 14.2 Å². The van der Waals surface area contributed by atoms with Crippen molar-refractivity contribution in [3.8, 4) is 11.5 Å². The molecule has 0 fully saturated rings. The highest BCUT2D eigenvalue weighted by Gasteiger charge is 2.33. The zero-order chi connectivity index (χ0) is 24.4. The van der Waals surface area contributed by atoms with Crippen LogP contribution in [0.5, 0.6) is 11.5 Å². The van der Waals surface area contributed by atoms with E-state index in [2.05, 4.69) is 4.99 Å². The first kappa shape index (κ1) is 23.4. The Morgan fingerprint density at radius 1 is 1.18 bits per heavy atom. The van der Waals surface area contributed by atoms with Crippen LogP contribution in [0, 0.1) is 5.82 Å². The lowest BCUT2D eigenvalue weighted by Gasteiger charge is -2.24. The molecular formula is C25H23FN2O5S. The second-order valence-corrected chi connectivity index (χ2v) is 8.45. The van der Waals surface area contributed by atoms with E-state index >= 15 is 0 Å². The minimum absolute atomic E-state index is 0.172. The van der Waals surface area contributed by atoms with Crippen LogP contribution in [0.4, 0.5) is 4.39 Å². The van der Waals surface area contributed by atoms with Gasteiger partial charge in [0, 0.05) is 5.56 Å². The Morgan fingerprint density at radius 3 is 2.56 bits per heavy atom. The summed E-state index contributed by atoms with van der Waals surface area (Å²) >= 11 is 1.19. The Morgan fingerprint density at radius 2 is 1.91 bits per heavy atom. The van der Waals surface area contributed by atoms with Gasteiger partial charge in [0.15, 0.2) is 16.3 Å². The number of ether oxygens (including phenoxy) is 3. The molecule has 176 valence electrons. The second-order valence-electron chi connectivity index (χ2n) is 7.44. The highest BCUT2D eigenvalue weighted by molar-refractivity contribution is 7.07. The number of allylic oxidation sites excluding steroid dienone is 1. The molecule has 34 heavy (non-hydrogen) atoms. The van der Waals surface area contributed by atoms with Gasteiger partial charge in [-0.25, -0.2) is 14.2 Å². The summed E-state index contributed by atoms with van der Waals surface area (Å²) in [7, 11) is 3.07. The highest BCUT2D eigenvalue weighted by atomic mass is 32.1. The van der Waals surface area contributed by atoms with E-state index in [1.54, 1.807) is 44.2 Å². The van der Waals surface area contributed by atoms with Gasteiger partial charge in [-0.15, -0.1) is 0 Å². The first-order valence-corrected chi connectivity index (χ1v) is 11.4. The van der Waals surface area contributed by atoms with Gasteiger partial charge in [0.25, 0.3) is 5.56 Å². The molecule has 0 N–H and O–H groups in total. The SMILES string of the molecule is CCOC(=O)C1=C(C)N=c2s/c(=C\c3cccc(OC)c3OC)c(=O)n2C1c1ccc(F)cc1. The van der Waals surface area contributed by atoms with Gasteiger partial charge in [0.1, 0.15) is 5.82 Å². The Kier molecular flexibility index (Phi) is 6.65. The summed E-state index contributed by atoms with van der Waals surface area (Å²) in [5, 5.41) is 0. The zero-order valence-electron chi connectivity index (χ0n) is 19.1. The average Bonchev–Trinajstić information content (AvgIpc) is 3.13. The van der Waals surface area contributed by atoms with E-state index in [1.807, 2.05) is 6.07 Å². The van der Waals surface area contributed by atoms with Crippen LogP contribution in [-0.2, 0) is 9.53 Å². The molecule has 4 rings (SSSR count). The van der Waals surface area contributed by atoms with Crippen molar-refractivity contribution in [1.82, 2.24) is 4.57 Å². The van der Waals surface area contributed by atoms with Crippen LogP contribution in [0.2, 0.25) is 0 Å².